The average Bonchev–Trinajstić information content (AvgIpc) is 2.51. The molecule has 0 amide bonds. The summed E-state index contributed by atoms with van der Waals surface area (Å²) in [6, 6.07) is 0.426. The van der Waals surface area contributed by atoms with Crippen LogP contribution in [-0.4, -0.2) is 47.2 Å². The summed E-state index contributed by atoms with van der Waals surface area (Å²) >= 11 is 6.21. The van der Waals surface area contributed by atoms with Crippen LogP contribution >= 0.6 is 11.6 Å². The molecule has 0 spiro atoms. The molecule has 1 aromatic heterocycles. The minimum absolute atomic E-state index is 0.133. The maximum absolute atomic E-state index is 12.1. The molecule has 0 bridgehead atoms. The van der Waals surface area contributed by atoms with E-state index in [-0.39, 0.29) is 23.7 Å². The molecule has 0 aromatic carbocycles. The minimum Gasteiger partial charge on any atom is -0.394 e. The number of rotatable bonds is 6. The van der Waals surface area contributed by atoms with Gasteiger partial charge < -0.3 is 15.3 Å². The van der Waals surface area contributed by atoms with Crippen LogP contribution in [0.15, 0.2) is 11.0 Å². The van der Waals surface area contributed by atoms with Gasteiger partial charge in [0.15, 0.2) is 0 Å². The van der Waals surface area contributed by atoms with Crippen LogP contribution in [0.5, 0.6) is 0 Å². The van der Waals surface area contributed by atoms with Crippen molar-refractivity contribution in [3.8, 4) is 0 Å². The lowest BCUT2D eigenvalue weighted by Crippen LogP contribution is -2.44. The number of piperidine rings is 1. The molecule has 6 nitrogen and oxygen atoms in total. The van der Waals surface area contributed by atoms with Gasteiger partial charge in [0.05, 0.1) is 25.0 Å². The predicted molar refractivity (Wildman–Crippen MR) is 84.1 cm³/mol. The van der Waals surface area contributed by atoms with Crippen LogP contribution in [0, 0.1) is 0 Å². The average molecular weight is 315 g/mol. The van der Waals surface area contributed by atoms with E-state index in [1.54, 1.807) is 6.20 Å². The van der Waals surface area contributed by atoms with Crippen LogP contribution in [0.4, 0.5) is 5.69 Å². The first-order valence-corrected chi connectivity index (χ1v) is 7.90. The minimum atomic E-state index is -0.349. The zero-order valence-electron chi connectivity index (χ0n) is 12.4. The molecule has 1 unspecified atom stereocenters. The number of aliphatic hydroxyl groups is 1. The van der Waals surface area contributed by atoms with Gasteiger partial charge in [-0.05, 0) is 26.3 Å². The van der Waals surface area contributed by atoms with E-state index in [2.05, 4.69) is 15.3 Å². The summed E-state index contributed by atoms with van der Waals surface area (Å²) in [5.74, 6) is 0. The zero-order chi connectivity index (χ0) is 15.2. The summed E-state index contributed by atoms with van der Waals surface area (Å²) in [6.45, 7) is 4.70. The normalized spacial score (nSPS) is 18.7. The van der Waals surface area contributed by atoms with E-state index < -0.39 is 0 Å². The molecular weight excluding hydrogens is 292 g/mol. The molecule has 1 aliphatic heterocycles. The van der Waals surface area contributed by atoms with E-state index in [0.717, 1.165) is 26.1 Å². The lowest BCUT2D eigenvalue weighted by Gasteiger charge is -2.31. The van der Waals surface area contributed by atoms with Crippen LogP contribution in [0.2, 0.25) is 5.02 Å². The number of nitrogens with zero attached hydrogens (tertiary/aromatic N) is 3. The fourth-order valence-corrected chi connectivity index (χ4v) is 2.94. The highest BCUT2D eigenvalue weighted by Crippen LogP contribution is 2.22. The number of aliphatic hydroxyl groups excluding tert-OH is 1. The Morgan fingerprint density at radius 3 is 3.00 bits per heavy atom. The first-order chi connectivity index (χ1) is 10.2. The molecule has 0 radical (unpaired) electrons. The van der Waals surface area contributed by atoms with Crippen molar-refractivity contribution in [3.63, 3.8) is 0 Å². The number of hydrogen-bond donors (Lipinski definition) is 2. The Morgan fingerprint density at radius 2 is 2.38 bits per heavy atom. The molecule has 7 heteroatoms. The standard InChI is InChI=1S/C14H23ClN4O2/c1-2-18(10-11-5-3-4-6-16-11)12-9-17-19(7-8-20)14(21)13(12)15/h9,11,16,20H,2-8,10H2,1H3. The Morgan fingerprint density at radius 1 is 1.57 bits per heavy atom. The Hall–Kier alpha value is -1.11. The molecule has 1 saturated heterocycles. The second-order valence-electron chi connectivity index (χ2n) is 5.28. The van der Waals surface area contributed by atoms with Crippen LogP contribution in [0.3, 0.4) is 0 Å². The third kappa shape index (κ3) is 3.96. The van der Waals surface area contributed by atoms with Crippen LogP contribution in [-0.2, 0) is 6.54 Å². The summed E-state index contributed by atoms with van der Waals surface area (Å²) in [7, 11) is 0. The SMILES string of the molecule is CCN(CC1CCCCN1)c1cnn(CCO)c(=O)c1Cl. The number of halogens is 1. The van der Waals surface area contributed by atoms with Crippen molar-refractivity contribution >= 4 is 17.3 Å². The third-order valence-corrected chi connectivity index (χ3v) is 4.21. The number of hydrogen-bond acceptors (Lipinski definition) is 5. The number of anilines is 1. The van der Waals surface area contributed by atoms with Gasteiger partial charge in [-0.25, -0.2) is 4.68 Å². The molecule has 1 aliphatic rings. The Bertz CT molecular complexity index is 514. The monoisotopic (exact) mass is 314 g/mol. The lowest BCUT2D eigenvalue weighted by atomic mass is 10.0. The summed E-state index contributed by atoms with van der Waals surface area (Å²) in [5, 5.41) is 16.7. The van der Waals surface area contributed by atoms with E-state index in [1.165, 1.54) is 17.5 Å². The van der Waals surface area contributed by atoms with Gasteiger partial charge in [0.1, 0.15) is 5.02 Å². The molecule has 118 valence electrons. The van der Waals surface area contributed by atoms with Crippen molar-refractivity contribution in [2.45, 2.75) is 38.8 Å². The fourth-order valence-electron chi connectivity index (χ4n) is 2.67. The second-order valence-corrected chi connectivity index (χ2v) is 5.66. The maximum Gasteiger partial charge on any atom is 0.287 e. The first kappa shape index (κ1) is 16.3. The Balaban J connectivity index is 2.17. The van der Waals surface area contributed by atoms with Crippen molar-refractivity contribution in [1.82, 2.24) is 15.1 Å². The van der Waals surface area contributed by atoms with Gasteiger partial charge in [-0.15, -0.1) is 0 Å². The topological polar surface area (TPSA) is 70.4 Å². The highest BCUT2D eigenvalue weighted by molar-refractivity contribution is 6.33. The van der Waals surface area contributed by atoms with Gasteiger partial charge in [-0.2, -0.15) is 5.10 Å². The molecule has 0 aliphatic carbocycles. The quantitative estimate of drug-likeness (QED) is 0.815. The van der Waals surface area contributed by atoms with E-state index >= 15 is 0 Å². The molecule has 21 heavy (non-hydrogen) atoms. The molecule has 2 rings (SSSR count). The number of aromatic nitrogens is 2. The van der Waals surface area contributed by atoms with E-state index in [4.69, 9.17) is 16.7 Å². The van der Waals surface area contributed by atoms with Crippen molar-refractivity contribution in [3.05, 3.63) is 21.6 Å². The lowest BCUT2D eigenvalue weighted by molar-refractivity contribution is 0.266. The van der Waals surface area contributed by atoms with Crippen LogP contribution in [0.25, 0.3) is 0 Å². The fraction of sp³-hybridized carbons (Fsp3) is 0.714. The van der Waals surface area contributed by atoms with Gasteiger partial charge in [-0.1, -0.05) is 18.0 Å². The van der Waals surface area contributed by atoms with Crippen molar-refractivity contribution in [2.75, 3.05) is 31.1 Å². The van der Waals surface area contributed by atoms with E-state index in [0.29, 0.717) is 11.7 Å². The number of nitrogens with one attached hydrogen (secondary N) is 1. The van der Waals surface area contributed by atoms with E-state index in [9.17, 15) is 4.79 Å². The van der Waals surface area contributed by atoms with E-state index in [1.807, 2.05) is 6.92 Å². The predicted octanol–water partition coefficient (Wildman–Crippen LogP) is 0.857. The second kappa shape index (κ2) is 7.77. The highest BCUT2D eigenvalue weighted by atomic mass is 35.5. The Kier molecular flexibility index (Phi) is 6.02. The summed E-state index contributed by atoms with van der Waals surface area (Å²) < 4.78 is 1.19. The molecule has 2 N–H and O–H groups in total. The summed E-state index contributed by atoms with van der Waals surface area (Å²) in [4.78, 5) is 14.2. The molecule has 1 fully saturated rings. The smallest absolute Gasteiger partial charge is 0.287 e. The highest BCUT2D eigenvalue weighted by Gasteiger charge is 2.19. The van der Waals surface area contributed by atoms with Crippen molar-refractivity contribution in [1.29, 1.82) is 0 Å². The van der Waals surface area contributed by atoms with Crippen molar-refractivity contribution in [2.24, 2.45) is 0 Å². The van der Waals surface area contributed by atoms with Gasteiger partial charge in [0.2, 0.25) is 0 Å². The van der Waals surface area contributed by atoms with Crippen LogP contribution in [0.1, 0.15) is 26.2 Å². The molecule has 1 aromatic rings. The number of likely N-dealkylation sites (N-methyl/N-ethyl adjacent to an activating group) is 1. The van der Waals surface area contributed by atoms with Gasteiger partial charge in [-0.3, -0.25) is 4.79 Å². The molecule has 0 saturated carbocycles. The summed E-state index contributed by atoms with van der Waals surface area (Å²) in [6.07, 6.45) is 5.22. The zero-order valence-corrected chi connectivity index (χ0v) is 13.1. The van der Waals surface area contributed by atoms with Crippen molar-refractivity contribution < 1.29 is 5.11 Å². The third-order valence-electron chi connectivity index (χ3n) is 3.85. The Labute approximate surface area is 129 Å². The maximum atomic E-state index is 12.1. The van der Waals surface area contributed by atoms with Gasteiger partial charge in [0.25, 0.3) is 5.56 Å². The molecule has 1 atom stereocenters. The van der Waals surface area contributed by atoms with Crippen LogP contribution < -0.4 is 15.8 Å². The largest absolute Gasteiger partial charge is 0.394 e. The first-order valence-electron chi connectivity index (χ1n) is 7.52. The van der Waals surface area contributed by atoms with Gasteiger partial charge in [0, 0.05) is 19.1 Å². The van der Waals surface area contributed by atoms with Gasteiger partial charge >= 0.3 is 0 Å². The summed E-state index contributed by atoms with van der Waals surface area (Å²) in [5.41, 5.74) is 0.323. The molecule has 2 heterocycles. The molecular formula is C14H23ClN4O2.